The molecule has 1 N–H and O–H groups in total. The van der Waals surface area contributed by atoms with Crippen molar-refractivity contribution in [3.8, 4) is 5.75 Å². The lowest BCUT2D eigenvalue weighted by Crippen LogP contribution is -2.55. The van der Waals surface area contributed by atoms with Crippen LogP contribution in [0.4, 0.5) is 0 Å². The number of aliphatic hydroxyl groups is 1. The zero-order valence-corrected chi connectivity index (χ0v) is 15.6. The molecule has 0 aliphatic carbocycles. The van der Waals surface area contributed by atoms with Crippen molar-refractivity contribution < 1.29 is 9.84 Å². The quantitative estimate of drug-likeness (QED) is 0.875. The van der Waals surface area contributed by atoms with Gasteiger partial charge in [-0.1, -0.05) is 30.3 Å². The Labute approximate surface area is 151 Å². The topological polar surface area (TPSA) is 35.9 Å². The normalized spacial score (nSPS) is 19.6. The number of hydrogen-bond acceptors (Lipinski definition) is 4. The van der Waals surface area contributed by atoms with E-state index in [1.165, 1.54) is 16.3 Å². The predicted molar refractivity (Wildman–Crippen MR) is 103 cm³/mol. The minimum Gasteiger partial charge on any atom is -0.496 e. The van der Waals surface area contributed by atoms with Gasteiger partial charge in [-0.2, -0.15) is 0 Å². The van der Waals surface area contributed by atoms with Gasteiger partial charge < -0.3 is 9.84 Å². The first-order chi connectivity index (χ1) is 12.1. The fourth-order valence-electron chi connectivity index (χ4n) is 4.05. The highest BCUT2D eigenvalue weighted by atomic mass is 16.5. The van der Waals surface area contributed by atoms with Gasteiger partial charge >= 0.3 is 0 Å². The maximum absolute atomic E-state index is 9.43. The lowest BCUT2D eigenvalue weighted by molar-refractivity contribution is 0.0351. The molecule has 4 nitrogen and oxygen atoms in total. The zero-order chi connectivity index (χ0) is 17.8. The van der Waals surface area contributed by atoms with E-state index in [1.54, 1.807) is 7.11 Å². The Morgan fingerprint density at radius 3 is 2.56 bits per heavy atom. The van der Waals surface area contributed by atoms with Crippen molar-refractivity contribution in [1.29, 1.82) is 0 Å². The summed E-state index contributed by atoms with van der Waals surface area (Å²) in [6, 6.07) is 13.7. The Balaban J connectivity index is 1.80. The molecule has 0 spiro atoms. The molecule has 2 aromatic carbocycles. The fraction of sp³-hybridized carbons (Fsp3) is 0.524. The second kappa shape index (κ2) is 8.17. The Morgan fingerprint density at radius 2 is 1.88 bits per heavy atom. The van der Waals surface area contributed by atoms with Gasteiger partial charge in [0.05, 0.1) is 7.11 Å². The van der Waals surface area contributed by atoms with Crippen LogP contribution in [0.2, 0.25) is 0 Å². The first-order valence-corrected chi connectivity index (χ1v) is 9.27. The highest BCUT2D eigenvalue weighted by Crippen LogP contribution is 2.29. The van der Waals surface area contributed by atoms with Crippen molar-refractivity contribution >= 4 is 10.8 Å². The summed E-state index contributed by atoms with van der Waals surface area (Å²) in [7, 11) is 1.73. The number of hydrogen-bond donors (Lipinski definition) is 1. The third-order valence-electron chi connectivity index (χ3n) is 5.33. The van der Waals surface area contributed by atoms with Crippen molar-refractivity contribution in [2.45, 2.75) is 38.9 Å². The van der Waals surface area contributed by atoms with Crippen LogP contribution in [-0.2, 0) is 6.54 Å². The molecule has 1 aliphatic rings. The van der Waals surface area contributed by atoms with Crippen molar-refractivity contribution in [2.24, 2.45) is 0 Å². The van der Waals surface area contributed by atoms with Crippen molar-refractivity contribution in [1.82, 2.24) is 9.80 Å². The van der Waals surface area contributed by atoms with Gasteiger partial charge in [-0.25, -0.2) is 0 Å². The van der Waals surface area contributed by atoms with Crippen molar-refractivity contribution in [3.63, 3.8) is 0 Å². The Kier molecular flexibility index (Phi) is 5.94. The second-order valence-corrected chi connectivity index (χ2v) is 7.21. The van der Waals surface area contributed by atoms with Gasteiger partial charge in [-0.15, -0.1) is 0 Å². The smallest absolute Gasteiger partial charge is 0.126 e. The third-order valence-corrected chi connectivity index (χ3v) is 5.33. The molecule has 1 fully saturated rings. The summed E-state index contributed by atoms with van der Waals surface area (Å²) < 4.78 is 5.51. The molecule has 25 heavy (non-hydrogen) atoms. The number of nitrogens with zero attached hydrogens (tertiary/aromatic N) is 2. The van der Waals surface area contributed by atoms with E-state index in [0.29, 0.717) is 12.1 Å². The number of piperazine rings is 1. The molecular formula is C21H30N2O2. The van der Waals surface area contributed by atoms with E-state index in [1.807, 2.05) is 0 Å². The van der Waals surface area contributed by atoms with Crippen LogP contribution in [0.5, 0.6) is 5.75 Å². The monoisotopic (exact) mass is 342 g/mol. The largest absolute Gasteiger partial charge is 0.496 e. The number of fused-ring (bicyclic) bond motifs is 1. The van der Waals surface area contributed by atoms with Gasteiger partial charge in [-0.05, 0) is 37.3 Å². The summed E-state index contributed by atoms with van der Waals surface area (Å²) in [6.07, 6.45) is 0.845. The SMILES string of the molecule is COc1ccc(CN2CCN(C(C)C)[C@H](CCO)C2)c2ccccc12. The maximum Gasteiger partial charge on any atom is 0.126 e. The minimum atomic E-state index is 0.257. The molecule has 0 aromatic heterocycles. The average molecular weight is 342 g/mol. The Hall–Kier alpha value is -1.62. The maximum atomic E-state index is 9.43. The molecule has 3 rings (SSSR count). The van der Waals surface area contributed by atoms with Crippen LogP contribution >= 0.6 is 0 Å². The molecule has 1 heterocycles. The van der Waals surface area contributed by atoms with E-state index >= 15 is 0 Å². The third kappa shape index (κ3) is 3.97. The molecule has 0 radical (unpaired) electrons. The van der Waals surface area contributed by atoms with Crippen LogP contribution in [0.1, 0.15) is 25.8 Å². The van der Waals surface area contributed by atoms with Crippen LogP contribution in [0.15, 0.2) is 36.4 Å². The van der Waals surface area contributed by atoms with Crippen LogP contribution in [0.25, 0.3) is 10.8 Å². The van der Waals surface area contributed by atoms with Gasteiger partial charge in [0.15, 0.2) is 0 Å². The molecule has 4 heteroatoms. The molecule has 2 aromatic rings. The van der Waals surface area contributed by atoms with Crippen LogP contribution in [0.3, 0.4) is 0 Å². The molecule has 136 valence electrons. The lowest BCUT2D eigenvalue weighted by Gasteiger charge is -2.43. The van der Waals surface area contributed by atoms with Crippen LogP contribution in [0, 0.1) is 0 Å². The lowest BCUT2D eigenvalue weighted by atomic mass is 10.0. The molecule has 0 bridgehead atoms. The number of rotatable bonds is 6. The van der Waals surface area contributed by atoms with E-state index in [9.17, 15) is 5.11 Å². The number of aliphatic hydroxyl groups excluding tert-OH is 1. The van der Waals surface area contributed by atoms with Crippen LogP contribution in [-0.4, -0.2) is 60.3 Å². The summed E-state index contributed by atoms with van der Waals surface area (Å²) in [5, 5.41) is 11.9. The highest BCUT2D eigenvalue weighted by molar-refractivity contribution is 5.91. The molecule has 1 saturated heterocycles. The van der Waals surface area contributed by atoms with Gasteiger partial charge in [-0.3, -0.25) is 9.80 Å². The van der Waals surface area contributed by atoms with Gasteiger partial charge in [0.2, 0.25) is 0 Å². The molecule has 0 unspecified atom stereocenters. The molecular weight excluding hydrogens is 312 g/mol. The van der Waals surface area contributed by atoms with E-state index in [4.69, 9.17) is 4.74 Å². The van der Waals surface area contributed by atoms with Gasteiger partial charge in [0.25, 0.3) is 0 Å². The number of benzene rings is 2. The van der Waals surface area contributed by atoms with Crippen LogP contribution < -0.4 is 4.74 Å². The highest BCUT2D eigenvalue weighted by Gasteiger charge is 2.28. The zero-order valence-electron chi connectivity index (χ0n) is 15.6. The number of methoxy groups -OCH3 is 1. The van der Waals surface area contributed by atoms with Gasteiger partial charge in [0, 0.05) is 50.3 Å². The second-order valence-electron chi connectivity index (χ2n) is 7.21. The standard InChI is InChI=1S/C21H30N2O2/c1-16(2)23-12-11-22(15-18(23)10-13-24)14-17-8-9-21(25-3)20-7-5-4-6-19(17)20/h4-9,16,18,24H,10-15H2,1-3H3/t18-/m1/s1. The van der Waals surface area contributed by atoms with Gasteiger partial charge in [0.1, 0.15) is 5.75 Å². The minimum absolute atomic E-state index is 0.257. The van der Waals surface area contributed by atoms with E-state index in [-0.39, 0.29) is 6.61 Å². The Bertz CT molecular complexity index is 701. The summed E-state index contributed by atoms with van der Waals surface area (Å²) in [6.45, 7) is 8.84. The first kappa shape index (κ1) is 18.2. The molecule has 0 amide bonds. The first-order valence-electron chi connectivity index (χ1n) is 9.27. The summed E-state index contributed by atoms with van der Waals surface area (Å²) in [5.41, 5.74) is 1.34. The number of ether oxygens (including phenoxy) is 1. The van der Waals surface area contributed by atoms with Crippen molar-refractivity contribution in [2.75, 3.05) is 33.4 Å². The van der Waals surface area contributed by atoms with E-state index < -0.39 is 0 Å². The fourth-order valence-corrected chi connectivity index (χ4v) is 4.05. The summed E-state index contributed by atoms with van der Waals surface area (Å²) in [5.74, 6) is 0.933. The molecule has 0 saturated carbocycles. The average Bonchev–Trinajstić information content (AvgIpc) is 2.62. The molecule has 1 aliphatic heterocycles. The van der Waals surface area contributed by atoms with E-state index in [0.717, 1.165) is 38.3 Å². The summed E-state index contributed by atoms with van der Waals surface area (Å²) in [4.78, 5) is 5.05. The Morgan fingerprint density at radius 1 is 1.12 bits per heavy atom. The van der Waals surface area contributed by atoms with E-state index in [2.05, 4.69) is 60.0 Å². The summed E-state index contributed by atoms with van der Waals surface area (Å²) >= 11 is 0. The molecule has 1 atom stereocenters. The predicted octanol–water partition coefficient (Wildman–Crippen LogP) is 3.13. The van der Waals surface area contributed by atoms with Crippen molar-refractivity contribution in [3.05, 3.63) is 42.0 Å².